The molecule has 3 rings (SSSR count). The van der Waals surface area contributed by atoms with Crippen LogP contribution in [-0.4, -0.2) is 13.1 Å². The monoisotopic (exact) mass is 227 g/mol. The molecule has 1 aliphatic carbocycles. The highest BCUT2D eigenvalue weighted by Gasteiger charge is 2.19. The maximum atomic E-state index is 3.44. The van der Waals surface area contributed by atoms with Gasteiger partial charge < -0.3 is 5.32 Å². The zero-order valence-electron chi connectivity index (χ0n) is 10.4. The van der Waals surface area contributed by atoms with E-state index in [1.807, 2.05) is 0 Å². The van der Waals surface area contributed by atoms with Gasteiger partial charge in [0, 0.05) is 5.92 Å². The van der Waals surface area contributed by atoms with Gasteiger partial charge in [0.05, 0.1) is 0 Å². The maximum absolute atomic E-state index is 3.44. The van der Waals surface area contributed by atoms with Crippen molar-refractivity contribution in [2.45, 2.75) is 31.6 Å². The van der Waals surface area contributed by atoms with Crippen molar-refractivity contribution in [2.75, 3.05) is 13.1 Å². The summed E-state index contributed by atoms with van der Waals surface area (Å²) in [6.07, 6.45) is 10.2. The molecule has 1 aromatic carbocycles. The quantitative estimate of drug-likeness (QED) is 0.832. The van der Waals surface area contributed by atoms with Crippen molar-refractivity contribution in [3.8, 4) is 0 Å². The summed E-state index contributed by atoms with van der Waals surface area (Å²) in [5.41, 5.74) is 2.98. The van der Waals surface area contributed by atoms with E-state index in [1.165, 1.54) is 44.3 Å². The lowest BCUT2D eigenvalue weighted by Gasteiger charge is -2.23. The molecule has 1 aromatic rings. The Kier molecular flexibility index (Phi) is 3.28. The van der Waals surface area contributed by atoms with Crippen LogP contribution >= 0.6 is 0 Å². The molecule has 0 saturated carbocycles. The molecule has 1 aliphatic heterocycles. The lowest BCUT2D eigenvalue weighted by molar-refractivity contribution is 0.343. The van der Waals surface area contributed by atoms with Crippen LogP contribution in [0.1, 0.15) is 42.7 Å². The average Bonchev–Trinajstić information content (AvgIpc) is 2.81. The molecular formula is C16H21N. The first-order chi connectivity index (χ1) is 8.43. The van der Waals surface area contributed by atoms with Crippen molar-refractivity contribution in [3.63, 3.8) is 0 Å². The van der Waals surface area contributed by atoms with Gasteiger partial charge in [-0.15, -0.1) is 0 Å². The topological polar surface area (TPSA) is 12.0 Å². The van der Waals surface area contributed by atoms with Crippen molar-refractivity contribution in [2.24, 2.45) is 5.92 Å². The first kappa shape index (κ1) is 11.0. The largest absolute Gasteiger partial charge is 0.317 e. The molecule has 90 valence electrons. The summed E-state index contributed by atoms with van der Waals surface area (Å²) in [7, 11) is 0. The Balaban J connectivity index is 1.58. The van der Waals surface area contributed by atoms with E-state index in [0.29, 0.717) is 5.92 Å². The van der Waals surface area contributed by atoms with E-state index < -0.39 is 0 Å². The predicted octanol–water partition coefficient (Wildman–Crippen LogP) is 3.58. The molecule has 1 saturated heterocycles. The second kappa shape index (κ2) is 5.05. The summed E-state index contributed by atoms with van der Waals surface area (Å²) >= 11 is 0. The van der Waals surface area contributed by atoms with Gasteiger partial charge in [0.1, 0.15) is 0 Å². The molecule has 1 N–H and O–H groups in total. The SMILES string of the molecule is C1=CC(CCC2CCNCC2)c2ccccc21. The summed E-state index contributed by atoms with van der Waals surface area (Å²) in [5.74, 6) is 1.64. The molecule has 1 fully saturated rings. The molecule has 0 spiro atoms. The molecule has 1 heterocycles. The van der Waals surface area contributed by atoms with Gasteiger partial charge in [-0.2, -0.15) is 0 Å². The summed E-state index contributed by atoms with van der Waals surface area (Å²) in [4.78, 5) is 0. The lowest BCUT2D eigenvalue weighted by Crippen LogP contribution is -2.27. The van der Waals surface area contributed by atoms with E-state index >= 15 is 0 Å². The third kappa shape index (κ3) is 2.44. The van der Waals surface area contributed by atoms with Gasteiger partial charge in [0.15, 0.2) is 0 Å². The highest BCUT2D eigenvalue weighted by atomic mass is 14.9. The number of rotatable bonds is 3. The molecule has 1 heteroatoms. The summed E-state index contributed by atoms with van der Waals surface area (Å²) in [5, 5.41) is 3.44. The first-order valence-corrected chi connectivity index (χ1v) is 6.91. The number of benzene rings is 1. The van der Waals surface area contributed by atoms with Gasteiger partial charge in [-0.1, -0.05) is 36.4 Å². The minimum absolute atomic E-state index is 0.682. The molecule has 17 heavy (non-hydrogen) atoms. The number of nitrogens with one attached hydrogen (secondary N) is 1. The third-order valence-corrected chi connectivity index (χ3v) is 4.25. The zero-order valence-corrected chi connectivity index (χ0v) is 10.4. The maximum Gasteiger partial charge on any atom is 0.00273 e. The number of piperidine rings is 1. The van der Waals surface area contributed by atoms with Gasteiger partial charge in [0.2, 0.25) is 0 Å². The van der Waals surface area contributed by atoms with E-state index in [1.54, 1.807) is 5.56 Å². The molecule has 0 radical (unpaired) electrons. The highest BCUT2D eigenvalue weighted by Crippen LogP contribution is 2.34. The summed E-state index contributed by atoms with van der Waals surface area (Å²) in [6, 6.07) is 8.83. The van der Waals surface area contributed by atoms with E-state index in [0.717, 1.165) is 5.92 Å². The van der Waals surface area contributed by atoms with Crippen LogP contribution in [0.3, 0.4) is 0 Å². The third-order valence-electron chi connectivity index (χ3n) is 4.25. The summed E-state index contributed by atoms with van der Waals surface area (Å²) in [6.45, 7) is 2.45. The van der Waals surface area contributed by atoms with Crippen LogP contribution in [0.25, 0.3) is 6.08 Å². The van der Waals surface area contributed by atoms with Crippen LogP contribution < -0.4 is 5.32 Å². The Morgan fingerprint density at radius 1 is 1.06 bits per heavy atom. The fourth-order valence-electron chi connectivity index (χ4n) is 3.16. The minimum atomic E-state index is 0.682. The van der Waals surface area contributed by atoms with Gasteiger partial charge in [0.25, 0.3) is 0 Å². The predicted molar refractivity (Wildman–Crippen MR) is 73.0 cm³/mol. The first-order valence-electron chi connectivity index (χ1n) is 6.91. The molecule has 0 amide bonds. The standard InChI is InChI=1S/C16H21N/c1-2-4-16-14(3-1)7-8-15(16)6-5-13-9-11-17-12-10-13/h1-4,7-8,13,15,17H,5-6,9-12H2. The Labute approximate surface area is 104 Å². The van der Waals surface area contributed by atoms with Crippen molar-refractivity contribution in [3.05, 3.63) is 41.5 Å². The van der Waals surface area contributed by atoms with E-state index in [4.69, 9.17) is 0 Å². The van der Waals surface area contributed by atoms with Crippen LogP contribution in [0, 0.1) is 5.92 Å². The molecule has 0 bridgehead atoms. The van der Waals surface area contributed by atoms with Gasteiger partial charge in [-0.3, -0.25) is 0 Å². The van der Waals surface area contributed by atoms with E-state index in [-0.39, 0.29) is 0 Å². The van der Waals surface area contributed by atoms with Crippen molar-refractivity contribution in [1.82, 2.24) is 5.32 Å². The molecule has 0 aromatic heterocycles. The van der Waals surface area contributed by atoms with Crippen molar-refractivity contribution < 1.29 is 0 Å². The molecule has 1 nitrogen and oxygen atoms in total. The second-order valence-electron chi connectivity index (χ2n) is 5.37. The number of hydrogen-bond donors (Lipinski definition) is 1. The normalized spacial score (nSPS) is 23.9. The smallest absolute Gasteiger partial charge is 0.00273 e. The lowest BCUT2D eigenvalue weighted by atomic mass is 9.87. The zero-order chi connectivity index (χ0) is 11.5. The van der Waals surface area contributed by atoms with Crippen LogP contribution in [0.2, 0.25) is 0 Å². The fourth-order valence-corrected chi connectivity index (χ4v) is 3.16. The molecule has 1 atom stereocenters. The number of fused-ring (bicyclic) bond motifs is 1. The Hall–Kier alpha value is -1.08. The van der Waals surface area contributed by atoms with E-state index in [9.17, 15) is 0 Å². The van der Waals surface area contributed by atoms with Crippen LogP contribution in [0.5, 0.6) is 0 Å². The van der Waals surface area contributed by atoms with E-state index in [2.05, 4.69) is 41.7 Å². The van der Waals surface area contributed by atoms with Crippen LogP contribution in [-0.2, 0) is 0 Å². The molecule has 1 unspecified atom stereocenters. The van der Waals surface area contributed by atoms with Crippen LogP contribution in [0.4, 0.5) is 0 Å². The molecule has 2 aliphatic rings. The second-order valence-corrected chi connectivity index (χ2v) is 5.37. The highest BCUT2D eigenvalue weighted by molar-refractivity contribution is 5.62. The minimum Gasteiger partial charge on any atom is -0.317 e. The van der Waals surface area contributed by atoms with Gasteiger partial charge >= 0.3 is 0 Å². The van der Waals surface area contributed by atoms with Crippen molar-refractivity contribution in [1.29, 1.82) is 0 Å². The van der Waals surface area contributed by atoms with Crippen molar-refractivity contribution >= 4 is 6.08 Å². The van der Waals surface area contributed by atoms with Crippen LogP contribution in [0.15, 0.2) is 30.3 Å². The fraction of sp³-hybridized carbons (Fsp3) is 0.500. The Bertz CT molecular complexity index is 402. The number of hydrogen-bond acceptors (Lipinski definition) is 1. The van der Waals surface area contributed by atoms with Gasteiger partial charge in [-0.05, 0) is 55.8 Å². The van der Waals surface area contributed by atoms with Gasteiger partial charge in [-0.25, -0.2) is 0 Å². The molecular weight excluding hydrogens is 206 g/mol. The average molecular weight is 227 g/mol. The number of allylic oxidation sites excluding steroid dienone is 1. The Morgan fingerprint density at radius 3 is 2.76 bits per heavy atom. The summed E-state index contributed by atoms with van der Waals surface area (Å²) < 4.78 is 0. The Morgan fingerprint density at radius 2 is 1.88 bits per heavy atom.